The van der Waals surface area contributed by atoms with Gasteiger partial charge in [-0.15, -0.1) is 0 Å². The average molecular weight is 127 g/mol. The van der Waals surface area contributed by atoms with E-state index in [2.05, 4.69) is 0 Å². The molecule has 1 aliphatic carbocycles. The highest BCUT2D eigenvalue weighted by atomic mass is 16.5. The Bertz CT molecular complexity index is 110. The molecule has 0 aromatic heterocycles. The van der Waals surface area contributed by atoms with E-state index in [1.807, 2.05) is 0 Å². The molecule has 0 atom stereocenters. The zero-order valence-corrected chi connectivity index (χ0v) is 5.84. The van der Waals surface area contributed by atoms with Crippen LogP contribution in [0.25, 0.3) is 0 Å². The second kappa shape index (κ2) is 2.85. The van der Waals surface area contributed by atoms with E-state index in [9.17, 15) is 5.21 Å². The molecule has 2 nitrogen and oxygen atoms in total. The molecule has 0 aromatic rings. The first-order valence-corrected chi connectivity index (χ1v) is 3.54. The molecule has 0 saturated heterocycles. The zero-order valence-electron chi connectivity index (χ0n) is 5.84. The molecule has 1 fully saturated rings. The van der Waals surface area contributed by atoms with Crippen molar-refractivity contribution < 1.29 is 4.74 Å². The molecule has 52 valence electrons. The molecule has 0 bridgehead atoms. The maximum absolute atomic E-state index is 10.5. The van der Waals surface area contributed by atoms with Crippen LogP contribution in [0.4, 0.5) is 0 Å². The quantitative estimate of drug-likeness (QED) is 0.226. The van der Waals surface area contributed by atoms with Crippen molar-refractivity contribution in [3.63, 3.8) is 0 Å². The minimum absolute atomic E-state index is 0.576. The molecule has 0 heterocycles. The summed E-state index contributed by atoms with van der Waals surface area (Å²) in [5.41, 5.74) is 0. The lowest BCUT2D eigenvalue weighted by atomic mass is 10.1. The minimum Gasteiger partial charge on any atom is -0.624 e. The van der Waals surface area contributed by atoms with Crippen molar-refractivity contribution >= 4 is 6.21 Å². The molecule has 0 radical (unpaired) electrons. The zero-order chi connectivity index (χ0) is 6.69. The lowest BCUT2D eigenvalue weighted by molar-refractivity contribution is -0.420. The summed E-state index contributed by atoms with van der Waals surface area (Å²) in [4.78, 5) is 0. The summed E-state index contributed by atoms with van der Waals surface area (Å²) in [5, 5.41) is 10.5. The predicted molar refractivity (Wildman–Crippen MR) is 37.6 cm³/mol. The van der Waals surface area contributed by atoms with Crippen molar-refractivity contribution in [2.45, 2.75) is 25.7 Å². The predicted octanol–water partition coefficient (Wildman–Crippen LogP) is 1.39. The Kier molecular flexibility index (Phi) is 2.09. The van der Waals surface area contributed by atoms with Crippen LogP contribution in [0.1, 0.15) is 25.7 Å². The molecule has 1 rings (SSSR count). The molecule has 0 unspecified atom stereocenters. The van der Waals surface area contributed by atoms with Gasteiger partial charge in [0.2, 0.25) is 0 Å². The first kappa shape index (κ1) is 6.59. The van der Waals surface area contributed by atoms with Crippen LogP contribution in [0, 0.1) is 11.1 Å². The molecule has 0 spiro atoms. The molecular weight excluding hydrogens is 114 g/mol. The van der Waals surface area contributed by atoms with Crippen LogP contribution in [0.2, 0.25) is 0 Å². The van der Waals surface area contributed by atoms with E-state index in [1.54, 1.807) is 13.3 Å². The van der Waals surface area contributed by atoms with Crippen LogP contribution < -0.4 is 0 Å². The van der Waals surface area contributed by atoms with Gasteiger partial charge in [0.1, 0.15) is 7.05 Å². The summed E-state index contributed by atoms with van der Waals surface area (Å²) in [6.45, 7) is 0. The van der Waals surface area contributed by atoms with E-state index in [0.29, 0.717) is 5.92 Å². The van der Waals surface area contributed by atoms with Crippen LogP contribution in [-0.4, -0.2) is 18.0 Å². The second-order valence-electron chi connectivity index (χ2n) is 2.74. The number of hydrogen-bond acceptors (Lipinski definition) is 1. The van der Waals surface area contributed by atoms with Crippen molar-refractivity contribution in [3.8, 4) is 0 Å². The van der Waals surface area contributed by atoms with E-state index >= 15 is 0 Å². The van der Waals surface area contributed by atoms with E-state index in [4.69, 9.17) is 0 Å². The van der Waals surface area contributed by atoms with Crippen LogP contribution in [0.3, 0.4) is 0 Å². The van der Waals surface area contributed by atoms with Crippen molar-refractivity contribution in [1.29, 1.82) is 0 Å². The molecule has 0 aliphatic heterocycles. The SMILES string of the molecule is C/[N+]([O-])=C/C1CCCC1. The van der Waals surface area contributed by atoms with Gasteiger partial charge in [-0.05, 0) is 12.8 Å². The summed E-state index contributed by atoms with van der Waals surface area (Å²) in [5.74, 6) is 0.576. The molecule has 9 heavy (non-hydrogen) atoms. The van der Waals surface area contributed by atoms with E-state index in [0.717, 1.165) is 4.74 Å². The summed E-state index contributed by atoms with van der Waals surface area (Å²) in [7, 11) is 1.55. The highest BCUT2D eigenvalue weighted by Gasteiger charge is 2.14. The Morgan fingerprint density at radius 2 is 2.00 bits per heavy atom. The number of hydrogen-bond donors (Lipinski definition) is 0. The lowest BCUT2D eigenvalue weighted by Gasteiger charge is -1.99. The van der Waals surface area contributed by atoms with E-state index in [-0.39, 0.29) is 0 Å². The van der Waals surface area contributed by atoms with Gasteiger partial charge in [-0.25, -0.2) is 4.74 Å². The summed E-state index contributed by atoms with van der Waals surface area (Å²) in [6, 6.07) is 0. The Labute approximate surface area is 55.8 Å². The fourth-order valence-electron chi connectivity index (χ4n) is 1.40. The Hall–Kier alpha value is -0.530. The third-order valence-corrected chi connectivity index (χ3v) is 1.82. The van der Waals surface area contributed by atoms with Crippen LogP contribution in [-0.2, 0) is 0 Å². The fraction of sp³-hybridized carbons (Fsp3) is 0.857. The molecule has 0 aromatic carbocycles. The first-order chi connectivity index (χ1) is 4.29. The third-order valence-electron chi connectivity index (χ3n) is 1.82. The van der Waals surface area contributed by atoms with Crippen molar-refractivity contribution in [2.75, 3.05) is 7.05 Å². The summed E-state index contributed by atoms with van der Waals surface area (Å²) < 4.78 is 0.927. The van der Waals surface area contributed by atoms with Crippen LogP contribution in [0.5, 0.6) is 0 Å². The highest BCUT2D eigenvalue weighted by molar-refractivity contribution is 5.55. The monoisotopic (exact) mass is 127 g/mol. The van der Waals surface area contributed by atoms with Gasteiger partial charge in [0, 0.05) is 5.92 Å². The highest BCUT2D eigenvalue weighted by Crippen LogP contribution is 2.22. The van der Waals surface area contributed by atoms with Crippen LogP contribution >= 0.6 is 0 Å². The van der Waals surface area contributed by atoms with Gasteiger partial charge in [-0.2, -0.15) is 0 Å². The maximum atomic E-state index is 10.5. The van der Waals surface area contributed by atoms with Gasteiger partial charge in [0.25, 0.3) is 0 Å². The molecule has 2 heteroatoms. The summed E-state index contributed by atoms with van der Waals surface area (Å²) >= 11 is 0. The third kappa shape index (κ3) is 2.04. The molecule has 1 aliphatic rings. The van der Waals surface area contributed by atoms with E-state index < -0.39 is 0 Å². The van der Waals surface area contributed by atoms with Gasteiger partial charge in [0.05, 0.1) is 0 Å². The standard InChI is InChI=1S/C7H13NO/c1-8(9)6-7-4-2-3-5-7/h6-7H,2-5H2,1H3/b8-6-. The topological polar surface area (TPSA) is 26.1 Å². The van der Waals surface area contributed by atoms with Crippen molar-refractivity contribution in [2.24, 2.45) is 5.92 Å². The Morgan fingerprint density at radius 1 is 1.44 bits per heavy atom. The van der Waals surface area contributed by atoms with Crippen LogP contribution in [0.15, 0.2) is 0 Å². The lowest BCUT2D eigenvalue weighted by Crippen LogP contribution is -2.04. The maximum Gasteiger partial charge on any atom is 0.153 e. The average Bonchev–Trinajstić information content (AvgIpc) is 2.15. The van der Waals surface area contributed by atoms with Gasteiger partial charge in [-0.1, -0.05) is 12.8 Å². The minimum atomic E-state index is 0.576. The summed E-state index contributed by atoms with van der Waals surface area (Å²) in [6.07, 6.45) is 6.82. The van der Waals surface area contributed by atoms with Gasteiger partial charge < -0.3 is 5.21 Å². The smallest absolute Gasteiger partial charge is 0.153 e. The Morgan fingerprint density at radius 3 is 2.44 bits per heavy atom. The molecule has 0 N–H and O–H groups in total. The van der Waals surface area contributed by atoms with E-state index in [1.165, 1.54) is 25.7 Å². The number of rotatable bonds is 1. The largest absolute Gasteiger partial charge is 0.624 e. The van der Waals surface area contributed by atoms with Crippen molar-refractivity contribution in [1.82, 2.24) is 0 Å². The first-order valence-electron chi connectivity index (χ1n) is 3.54. The number of nitrogens with zero attached hydrogens (tertiary/aromatic N) is 1. The van der Waals surface area contributed by atoms with Gasteiger partial charge >= 0.3 is 0 Å². The Balaban J connectivity index is 2.35. The van der Waals surface area contributed by atoms with Gasteiger partial charge in [-0.3, -0.25) is 0 Å². The molecule has 1 saturated carbocycles. The normalized spacial score (nSPS) is 23.0. The van der Waals surface area contributed by atoms with Crippen molar-refractivity contribution in [3.05, 3.63) is 5.21 Å². The fourth-order valence-corrected chi connectivity index (χ4v) is 1.40. The molecule has 0 amide bonds. The van der Waals surface area contributed by atoms with Gasteiger partial charge in [0.15, 0.2) is 6.21 Å². The number of hydroxylamine groups is 1. The molecular formula is C7H13NO. The second-order valence-corrected chi connectivity index (χ2v) is 2.74.